The van der Waals surface area contributed by atoms with Gasteiger partial charge in [0.1, 0.15) is 23.3 Å². The van der Waals surface area contributed by atoms with Gasteiger partial charge in [0.25, 0.3) is 0 Å². The summed E-state index contributed by atoms with van der Waals surface area (Å²) in [6.07, 6.45) is 1.99. The summed E-state index contributed by atoms with van der Waals surface area (Å²) in [5, 5.41) is 0. The number of nitrogens with zero attached hydrogens (tertiary/aromatic N) is 12. The molecule has 44 heavy (non-hydrogen) atoms. The second kappa shape index (κ2) is 12.7. The highest BCUT2D eigenvalue weighted by Gasteiger charge is 2.45. The van der Waals surface area contributed by atoms with Crippen LogP contribution >= 0.6 is 0 Å². The van der Waals surface area contributed by atoms with Crippen molar-refractivity contribution in [3.8, 4) is 0 Å². The van der Waals surface area contributed by atoms with Gasteiger partial charge in [0.05, 0.1) is 0 Å². The zero-order valence-electron chi connectivity index (χ0n) is 23.8. The fraction of sp³-hybridized carbons (Fsp3) is 0.455. The van der Waals surface area contributed by atoms with E-state index >= 15 is 0 Å². The maximum atomic E-state index is 7.27. The highest BCUT2D eigenvalue weighted by molar-refractivity contribution is 5.29. The van der Waals surface area contributed by atoms with Crippen LogP contribution in [0.1, 0.15) is 49.0 Å². The lowest BCUT2D eigenvalue weighted by Crippen LogP contribution is -2.66. The second-order valence-electron chi connectivity index (χ2n) is 10.2. The molecule has 4 aromatic heterocycles. The van der Waals surface area contributed by atoms with E-state index in [0.29, 0.717) is 23.3 Å². The molecule has 0 aliphatic rings. The first kappa shape index (κ1) is 31.3. The molecular weight excluding hydrogens is 572 g/mol. The third-order valence-electron chi connectivity index (χ3n) is 7.04. The van der Waals surface area contributed by atoms with Crippen LogP contribution in [-0.2, 0) is 25.7 Å². The van der Waals surface area contributed by atoms with E-state index in [9.17, 15) is 0 Å². The van der Waals surface area contributed by atoms with E-state index in [-0.39, 0.29) is 99.0 Å². The number of aryl methyl sites for hydroxylation is 4. The third-order valence-corrected chi connectivity index (χ3v) is 7.04. The van der Waals surface area contributed by atoms with Gasteiger partial charge in [-0.1, -0.05) is 0 Å². The molecule has 0 aliphatic carbocycles. The van der Waals surface area contributed by atoms with Gasteiger partial charge in [0.2, 0.25) is 47.6 Å². The minimum absolute atomic E-state index is 0.0275. The van der Waals surface area contributed by atoms with E-state index in [1.54, 1.807) is 0 Å². The minimum atomic E-state index is -1.17. The lowest BCUT2D eigenvalue weighted by Gasteiger charge is -2.47. The number of rotatable bonds is 13. The van der Waals surface area contributed by atoms with Gasteiger partial charge in [0.15, 0.2) is 0 Å². The first-order chi connectivity index (χ1) is 20.7. The Balaban J connectivity index is 1.71. The van der Waals surface area contributed by atoms with E-state index < -0.39 is 11.1 Å². The van der Waals surface area contributed by atoms with Crippen molar-refractivity contribution in [1.82, 2.24) is 59.8 Å². The molecule has 0 bridgehead atoms. The summed E-state index contributed by atoms with van der Waals surface area (Å²) in [6.45, 7) is 0. The minimum Gasteiger partial charge on any atom is -0.368 e. The molecule has 234 valence electrons. The summed E-state index contributed by atoms with van der Waals surface area (Å²) in [4.78, 5) is 48.8. The van der Waals surface area contributed by atoms with Crippen LogP contribution in [-0.4, -0.2) is 70.9 Å². The Bertz CT molecular complexity index is 1300. The Morgan fingerprint density at radius 2 is 0.455 bits per heavy atom. The van der Waals surface area contributed by atoms with Gasteiger partial charge in [-0.15, -0.1) is 0 Å². The van der Waals surface area contributed by atoms with Crippen LogP contribution in [0.25, 0.3) is 0 Å². The van der Waals surface area contributed by atoms with Gasteiger partial charge in [0, 0.05) is 36.8 Å². The molecule has 0 unspecified atom stereocenters. The number of aromatic nitrogens is 12. The number of hydrogen-bond donors (Lipinski definition) is 10. The predicted octanol–water partition coefficient (Wildman–Crippen LogP) is -3.69. The lowest BCUT2D eigenvalue weighted by atomic mass is 9.67. The number of anilines is 8. The monoisotopic (exact) mass is 608 g/mol. The SMILES string of the molecule is Nc1nc(N)nc(CCC(N)(CCc2nc(N)nc(N)n2)C(N)(CCc2nc(N)nc(N)n2)CCc2nc(N)nc(N)n2)n1. The quantitative estimate of drug-likeness (QED) is 0.0697. The Hall–Kier alpha value is -5.64. The maximum absolute atomic E-state index is 7.27. The molecular formula is C22H36N22. The highest BCUT2D eigenvalue weighted by atomic mass is 15.2. The molecule has 22 nitrogen and oxygen atoms in total. The molecule has 0 aromatic carbocycles. The van der Waals surface area contributed by atoms with Gasteiger partial charge < -0.3 is 57.3 Å². The van der Waals surface area contributed by atoms with Crippen LogP contribution in [0.15, 0.2) is 0 Å². The van der Waals surface area contributed by atoms with Gasteiger partial charge in [-0.25, -0.2) is 0 Å². The van der Waals surface area contributed by atoms with Gasteiger partial charge in [-0.2, -0.15) is 59.8 Å². The molecule has 22 heteroatoms. The van der Waals surface area contributed by atoms with Crippen LogP contribution in [0.5, 0.6) is 0 Å². The fourth-order valence-corrected chi connectivity index (χ4v) is 4.86. The number of nitrogens with two attached hydrogens (primary N) is 10. The molecule has 0 aliphatic heterocycles. The van der Waals surface area contributed by atoms with E-state index in [1.807, 2.05) is 0 Å². The number of nitrogen functional groups attached to an aromatic ring is 8. The van der Waals surface area contributed by atoms with Crippen molar-refractivity contribution in [3.63, 3.8) is 0 Å². The molecule has 0 saturated carbocycles. The molecule has 0 amide bonds. The van der Waals surface area contributed by atoms with Crippen molar-refractivity contribution in [1.29, 1.82) is 0 Å². The fourth-order valence-electron chi connectivity index (χ4n) is 4.86. The summed E-state index contributed by atoms with van der Waals surface area (Å²) < 4.78 is 0. The first-order valence-corrected chi connectivity index (χ1v) is 13.3. The van der Waals surface area contributed by atoms with Crippen molar-refractivity contribution in [2.75, 3.05) is 45.9 Å². The van der Waals surface area contributed by atoms with Gasteiger partial charge >= 0.3 is 0 Å². The summed E-state index contributed by atoms with van der Waals surface area (Å²) in [5.74, 6) is 1.10. The van der Waals surface area contributed by atoms with Gasteiger partial charge in [-0.05, 0) is 25.7 Å². The van der Waals surface area contributed by atoms with Crippen LogP contribution in [0.3, 0.4) is 0 Å². The Morgan fingerprint density at radius 3 is 0.614 bits per heavy atom. The third kappa shape index (κ3) is 8.01. The van der Waals surface area contributed by atoms with Crippen molar-refractivity contribution in [2.24, 2.45) is 11.5 Å². The zero-order chi connectivity index (χ0) is 32.1. The Labute approximate surface area is 250 Å². The lowest BCUT2D eigenvalue weighted by molar-refractivity contribution is 0.162. The second-order valence-corrected chi connectivity index (χ2v) is 10.2. The topological polar surface area (TPSA) is 415 Å². The molecule has 20 N–H and O–H groups in total. The van der Waals surface area contributed by atoms with Gasteiger partial charge in [-0.3, -0.25) is 0 Å². The molecule has 4 heterocycles. The molecule has 0 atom stereocenters. The van der Waals surface area contributed by atoms with E-state index in [0.717, 1.165) is 0 Å². The Morgan fingerprint density at radius 1 is 0.295 bits per heavy atom. The van der Waals surface area contributed by atoms with Crippen LogP contribution in [0, 0.1) is 0 Å². The maximum Gasteiger partial charge on any atom is 0.225 e. The summed E-state index contributed by atoms with van der Waals surface area (Å²) in [7, 11) is 0. The van der Waals surface area contributed by atoms with Crippen LogP contribution < -0.4 is 57.3 Å². The normalized spacial score (nSPS) is 12.0. The van der Waals surface area contributed by atoms with Crippen molar-refractivity contribution in [2.45, 2.75) is 62.4 Å². The van der Waals surface area contributed by atoms with Crippen molar-refractivity contribution < 1.29 is 0 Å². The zero-order valence-corrected chi connectivity index (χ0v) is 23.8. The summed E-state index contributed by atoms with van der Waals surface area (Å²) >= 11 is 0. The van der Waals surface area contributed by atoms with E-state index in [1.165, 1.54) is 0 Å². The molecule has 0 radical (unpaired) electrons. The predicted molar refractivity (Wildman–Crippen MR) is 162 cm³/mol. The van der Waals surface area contributed by atoms with Crippen LogP contribution in [0.4, 0.5) is 47.6 Å². The van der Waals surface area contributed by atoms with Crippen molar-refractivity contribution in [3.05, 3.63) is 23.3 Å². The summed E-state index contributed by atoms with van der Waals surface area (Å²) in [5.41, 5.74) is 58.6. The highest BCUT2D eigenvalue weighted by Crippen LogP contribution is 2.35. The van der Waals surface area contributed by atoms with Crippen LogP contribution in [0.2, 0.25) is 0 Å². The van der Waals surface area contributed by atoms with Crippen molar-refractivity contribution >= 4 is 47.6 Å². The molecule has 4 aromatic rings. The first-order valence-electron chi connectivity index (χ1n) is 13.3. The average Bonchev–Trinajstić information content (AvgIpc) is 2.91. The Kier molecular flexibility index (Phi) is 9.03. The molecule has 0 spiro atoms. The molecule has 0 saturated heterocycles. The standard InChI is InChI=1S/C22H36N22/c23-13-33-9(34-14(24)41-13)1-5-21(31,6-2-10-35-15(25)42-16(26)36-10)22(32,7-3-11-37-17(27)43-18(28)38-11)8-4-12-39-19(29)44-20(30)40-12/h1-8,31-32H2,(H4,23,24,33,34,41)(H4,25,26,35,36,42)(H4,27,28,37,38,43)(H4,29,30,39,40,44). The smallest absolute Gasteiger partial charge is 0.225 e. The largest absolute Gasteiger partial charge is 0.368 e. The average molecular weight is 609 g/mol. The van der Waals surface area contributed by atoms with E-state index in [4.69, 9.17) is 57.3 Å². The molecule has 0 fully saturated rings. The summed E-state index contributed by atoms with van der Waals surface area (Å²) in [6, 6.07) is 0. The van der Waals surface area contributed by atoms with E-state index in [2.05, 4.69) is 59.8 Å². The molecule has 4 rings (SSSR count). The number of hydrogen-bond acceptors (Lipinski definition) is 22.